The predicted octanol–water partition coefficient (Wildman–Crippen LogP) is 4.60. The first-order valence-corrected chi connectivity index (χ1v) is 9.54. The highest BCUT2D eigenvalue weighted by molar-refractivity contribution is 6.39. The van der Waals surface area contributed by atoms with Crippen LogP contribution in [0.1, 0.15) is 6.92 Å². The summed E-state index contributed by atoms with van der Waals surface area (Å²) in [4.78, 5) is 25.0. The van der Waals surface area contributed by atoms with Gasteiger partial charge in [0, 0.05) is 17.8 Å². The molecule has 0 aliphatic heterocycles. The Morgan fingerprint density at radius 1 is 0.935 bits per heavy atom. The van der Waals surface area contributed by atoms with Crippen LogP contribution in [0.15, 0.2) is 40.6 Å². The maximum Gasteiger partial charge on any atom is 0.276 e. The second-order valence-corrected chi connectivity index (χ2v) is 6.74. The molecule has 0 fully saturated rings. The normalized spacial score (nSPS) is 11.7. The number of Topliss-reactive ketones (excluding diaryl/α,β-unsaturated/α-hetero) is 1. The molecular weight excluding hydrogens is 449 g/mol. The zero-order valence-electron chi connectivity index (χ0n) is 17.5. The first kappa shape index (κ1) is 24.2. The molecule has 1 amide bonds. The predicted molar refractivity (Wildman–Crippen MR) is 116 cm³/mol. The monoisotopic (exact) mass is 469 g/mol. The lowest BCUT2D eigenvalue weighted by atomic mass is 10.2. The Morgan fingerprint density at radius 3 is 2.10 bits per heavy atom. The number of nitrogens with zero attached hydrogens (tertiary/aromatic N) is 3. The lowest BCUT2D eigenvalue weighted by molar-refractivity contribution is -0.126. The van der Waals surface area contributed by atoms with Crippen LogP contribution in [-0.4, -0.2) is 46.2 Å². The Bertz CT molecular complexity index is 999. The van der Waals surface area contributed by atoms with E-state index in [2.05, 4.69) is 10.2 Å². The van der Waals surface area contributed by atoms with Crippen molar-refractivity contribution in [3.8, 4) is 23.0 Å². The number of halogens is 2. The minimum absolute atomic E-state index is 0.177. The van der Waals surface area contributed by atoms with Crippen molar-refractivity contribution in [3.63, 3.8) is 0 Å². The molecule has 31 heavy (non-hydrogen) atoms. The van der Waals surface area contributed by atoms with E-state index in [-0.39, 0.29) is 22.1 Å². The number of hydrogen-bond acceptors (Lipinski definition) is 8. The van der Waals surface area contributed by atoms with Gasteiger partial charge in [0.1, 0.15) is 16.5 Å². The van der Waals surface area contributed by atoms with E-state index >= 15 is 0 Å². The van der Waals surface area contributed by atoms with Crippen molar-refractivity contribution < 1.29 is 28.5 Å². The topological polar surface area (TPSA) is 99.0 Å². The molecule has 11 heteroatoms. The van der Waals surface area contributed by atoms with Gasteiger partial charge in [-0.15, -0.1) is 0 Å². The molecule has 0 radical (unpaired) electrons. The van der Waals surface area contributed by atoms with Crippen LogP contribution in [0.25, 0.3) is 0 Å². The molecule has 0 aliphatic rings. The fourth-order valence-corrected chi connectivity index (χ4v) is 3.08. The van der Waals surface area contributed by atoms with Crippen molar-refractivity contribution in [2.24, 2.45) is 10.2 Å². The number of amides is 1. The average Bonchev–Trinajstić information content (AvgIpc) is 2.77. The van der Waals surface area contributed by atoms with Crippen molar-refractivity contribution >= 4 is 46.4 Å². The van der Waals surface area contributed by atoms with Gasteiger partial charge in [-0.2, -0.15) is 10.2 Å². The van der Waals surface area contributed by atoms with Crippen LogP contribution >= 0.6 is 23.4 Å². The second-order valence-electron chi connectivity index (χ2n) is 6.02. The van der Waals surface area contributed by atoms with E-state index in [4.69, 9.17) is 42.3 Å². The highest BCUT2D eigenvalue weighted by Gasteiger charge is 2.29. The molecule has 1 unspecified atom stereocenters. The molecule has 0 bridgehead atoms. The number of hydrogen-bond donors (Lipinski definition) is 0. The van der Waals surface area contributed by atoms with Gasteiger partial charge >= 0.3 is 0 Å². The minimum atomic E-state index is -1.49. The van der Waals surface area contributed by atoms with E-state index < -0.39 is 17.7 Å². The Hall–Kier alpha value is -3.04. The van der Waals surface area contributed by atoms with Crippen molar-refractivity contribution in [2.45, 2.75) is 13.0 Å². The summed E-state index contributed by atoms with van der Waals surface area (Å²) >= 11 is 12.4. The van der Waals surface area contributed by atoms with Crippen LogP contribution in [0.2, 0.25) is 5.02 Å². The summed E-state index contributed by atoms with van der Waals surface area (Å²) in [6, 6.07) is 6.20. The van der Waals surface area contributed by atoms with Gasteiger partial charge in [-0.1, -0.05) is 11.6 Å². The summed E-state index contributed by atoms with van der Waals surface area (Å²) in [5, 5.41) is 8.04. The quantitative estimate of drug-likeness (QED) is 0.302. The number of anilines is 1. The van der Waals surface area contributed by atoms with Crippen LogP contribution in [0.4, 0.5) is 11.4 Å². The number of azo groups is 1. The highest BCUT2D eigenvalue weighted by atomic mass is 35.5. The van der Waals surface area contributed by atoms with Crippen molar-refractivity contribution in [1.29, 1.82) is 0 Å². The average molecular weight is 470 g/mol. The summed E-state index contributed by atoms with van der Waals surface area (Å²) in [5.41, 5.74) is 0.468. The maximum atomic E-state index is 12.9. The lowest BCUT2D eigenvalue weighted by Gasteiger charge is -2.18. The van der Waals surface area contributed by atoms with Gasteiger partial charge in [-0.3, -0.25) is 9.59 Å². The number of benzene rings is 2. The SMILES string of the molecule is COc1ccc(N(Cl)C(=O)C(N=Nc2ccc(OC)c(Cl)c2OC)C(C)=O)cc1OC. The molecule has 2 rings (SSSR count). The Kier molecular flexibility index (Phi) is 8.47. The van der Waals surface area contributed by atoms with Gasteiger partial charge < -0.3 is 18.9 Å². The fourth-order valence-electron chi connectivity index (χ4n) is 2.56. The van der Waals surface area contributed by atoms with Crippen molar-refractivity contribution in [1.82, 2.24) is 0 Å². The van der Waals surface area contributed by atoms with Gasteiger partial charge in [0.25, 0.3) is 5.91 Å². The number of rotatable bonds is 9. The Labute approximate surface area is 189 Å². The van der Waals surface area contributed by atoms with Gasteiger partial charge in [0.2, 0.25) is 6.04 Å². The van der Waals surface area contributed by atoms with E-state index in [1.165, 1.54) is 53.6 Å². The fraction of sp³-hybridized carbons (Fsp3) is 0.300. The number of methoxy groups -OCH3 is 4. The third-order valence-corrected chi connectivity index (χ3v) is 4.87. The standard InChI is InChI=1S/C20H21Cl2N3O6/c1-11(26)18(24-23-13-7-9-15(29-3)17(21)19(13)31-5)20(27)25(22)12-6-8-14(28-2)16(10-12)30-4/h6-10,18H,1-5H3. The first-order chi connectivity index (χ1) is 14.8. The molecule has 0 spiro atoms. The third kappa shape index (κ3) is 5.36. The molecule has 9 nitrogen and oxygen atoms in total. The Morgan fingerprint density at radius 2 is 1.55 bits per heavy atom. The summed E-state index contributed by atoms with van der Waals surface area (Å²) in [6.45, 7) is 1.21. The highest BCUT2D eigenvalue weighted by Crippen LogP contribution is 2.41. The zero-order valence-corrected chi connectivity index (χ0v) is 19.0. The molecule has 1 atom stereocenters. The minimum Gasteiger partial charge on any atom is -0.495 e. The van der Waals surface area contributed by atoms with E-state index in [9.17, 15) is 9.59 Å². The van der Waals surface area contributed by atoms with Crippen molar-refractivity contribution in [2.75, 3.05) is 32.9 Å². The van der Waals surface area contributed by atoms with E-state index in [1.807, 2.05) is 0 Å². The Balaban J connectivity index is 2.35. The molecule has 0 heterocycles. The molecule has 0 N–H and O–H groups in total. The molecule has 0 saturated heterocycles. The van der Waals surface area contributed by atoms with Crippen LogP contribution < -0.4 is 23.4 Å². The maximum absolute atomic E-state index is 12.9. The molecule has 0 aromatic heterocycles. The number of carbonyl (C=O) groups is 2. The van der Waals surface area contributed by atoms with E-state index in [0.29, 0.717) is 17.2 Å². The number of carbonyl (C=O) groups excluding carboxylic acids is 2. The lowest BCUT2D eigenvalue weighted by Crippen LogP contribution is -2.36. The van der Waals surface area contributed by atoms with Crippen LogP contribution in [0.5, 0.6) is 23.0 Å². The molecule has 2 aromatic carbocycles. The van der Waals surface area contributed by atoms with Crippen LogP contribution in [0.3, 0.4) is 0 Å². The first-order valence-electron chi connectivity index (χ1n) is 8.82. The summed E-state index contributed by atoms with van der Waals surface area (Å²) < 4.78 is 21.5. The number of ether oxygens (including phenoxy) is 4. The van der Waals surface area contributed by atoms with Gasteiger partial charge in [-0.05, 0) is 31.2 Å². The van der Waals surface area contributed by atoms with Gasteiger partial charge in [0.05, 0.1) is 34.1 Å². The van der Waals surface area contributed by atoms with Crippen molar-refractivity contribution in [3.05, 3.63) is 35.4 Å². The molecule has 0 saturated carbocycles. The van der Waals surface area contributed by atoms with Gasteiger partial charge in [0.15, 0.2) is 23.0 Å². The van der Waals surface area contributed by atoms with E-state index in [0.717, 1.165) is 4.42 Å². The van der Waals surface area contributed by atoms with Gasteiger partial charge in [-0.25, -0.2) is 4.42 Å². The smallest absolute Gasteiger partial charge is 0.276 e. The summed E-state index contributed by atoms with van der Waals surface area (Å²) in [7, 11) is 5.77. The molecular formula is C20H21Cl2N3O6. The summed E-state index contributed by atoms with van der Waals surface area (Å²) in [6.07, 6.45) is 0. The number of ketones is 1. The molecule has 2 aromatic rings. The largest absolute Gasteiger partial charge is 0.495 e. The second kappa shape index (κ2) is 10.8. The van der Waals surface area contributed by atoms with Crippen LogP contribution in [0, 0.1) is 0 Å². The summed E-state index contributed by atoms with van der Waals surface area (Å²) in [5.74, 6) is 0.00784. The zero-order chi connectivity index (χ0) is 23.1. The molecule has 166 valence electrons. The van der Waals surface area contributed by atoms with Crippen LogP contribution in [-0.2, 0) is 9.59 Å². The third-order valence-electron chi connectivity index (χ3n) is 4.15. The molecule has 0 aliphatic carbocycles. The van der Waals surface area contributed by atoms with E-state index in [1.54, 1.807) is 12.1 Å².